The number of ether oxygens (including phenoxy) is 1. The third kappa shape index (κ3) is 4.42. The molecule has 0 aliphatic carbocycles. The number of halogens is 3. The molecule has 3 aromatic rings. The van der Waals surface area contributed by atoms with E-state index in [2.05, 4.69) is 20.2 Å². The van der Waals surface area contributed by atoms with E-state index in [0.29, 0.717) is 32.8 Å². The Bertz CT molecular complexity index is 1100. The van der Waals surface area contributed by atoms with E-state index in [1.54, 1.807) is 0 Å². The lowest BCUT2D eigenvalue weighted by Crippen LogP contribution is -2.42. The fraction of sp³-hybridized carbons (Fsp3) is 0.478. The highest BCUT2D eigenvalue weighted by Gasteiger charge is 2.32. The van der Waals surface area contributed by atoms with Crippen molar-refractivity contribution >= 4 is 16.9 Å². The Kier molecular flexibility index (Phi) is 5.98. The number of fused-ring (bicyclic) bond motifs is 1. The van der Waals surface area contributed by atoms with Crippen molar-refractivity contribution in [3.63, 3.8) is 0 Å². The summed E-state index contributed by atoms with van der Waals surface area (Å²) < 4.78 is 46.7. The predicted molar refractivity (Wildman–Crippen MR) is 117 cm³/mol. The number of aliphatic hydroxyl groups excluding tert-OH is 1. The molecule has 2 aliphatic rings. The van der Waals surface area contributed by atoms with Crippen molar-refractivity contribution in [1.29, 1.82) is 0 Å². The third-order valence-electron chi connectivity index (χ3n) is 6.58. The number of piperidine rings is 1. The molecule has 0 radical (unpaired) electrons. The molecule has 2 fully saturated rings. The quantitative estimate of drug-likeness (QED) is 0.622. The Balaban J connectivity index is 1.45. The zero-order valence-corrected chi connectivity index (χ0v) is 18.0. The van der Waals surface area contributed by atoms with Gasteiger partial charge in [0.1, 0.15) is 17.8 Å². The summed E-state index contributed by atoms with van der Waals surface area (Å²) in [6.07, 6.45) is -0.401. The van der Waals surface area contributed by atoms with Crippen LogP contribution in [0.2, 0.25) is 0 Å². The highest BCUT2D eigenvalue weighted by atomic mass is 19.4. The van der Waals surface area contributed by atoms with Crippen LogP contribution in [0.5, 0.6) is 0 Å². The third-order valence-corrected chi connectivity index (χ3v) is 6.58. The smallest absolute Gasteiger partial charge is 0.391 e. The Labute approximate surface area is 189 Å². The average Bonchev–Trinajstić information content (AvgIpc) is 3.23. The number of nitrogens with zero attached hydrogens (tertiary/aromatic N) is 4. The number of β-amino-alcohol motifs (C(OH)–C–C–N with tert-alkyl or cyclic N) is 1. The molecule has 0 bridgehead atoms. The van der Waals surface area contributed by atoms with Crippen LogP contribution in [-0.4, -0.2) is 58.6 Å². The molecule has 2 saturated heterocycles. The number of rotatable bonds is 4. The van der Waals surface area contributed by atoms with Crippen LogP contribution in [0.1, 0.15) is 23.6 Å². The minimum atomic E-state index is -4.37. The number of morpholine rings is 1. The van der Waals surface area contributed by atoms with Crippen molar-refractivity contribution < 1.29 is 23.0 Å². The monoisotopic (exact) mass is 461 g/mol. The summed E-state index contributed by atoms with van der Waals surface area (Å²) >= 11 is 0. The summed E-state index contributed by atoms with van der Waals surface area (Å²) in [4.78, 5) is 11.1. The Morgan fingerprint density at radius 1 is 1.15 bits per heavy atom. The van der Waals surface area contributed by atoms with Gasteiger partial charge >= 0.3 is 6.18 Å². The average molecular weight is 461 g/mol. The number of anilines is 1. The molecular formula is C23H26F3N5O2. The first-order valence-electron chi connectivity index (χ1n) is 11.1. The first-order chi connectivity index (χ1) is 15.9. The van der Waals surface area contributed by atoms with Crippen LogP contribution in [0.25, 0.3) is 11.0 Å². The largest absolute Gasteiger partial charge is 0.416 e. The molecule has 0 amide bonds. The van der Waals surface area contributed by atoms with Crippen LogP contribution in [0, 0.1) is 5.92 Å². The van der Waals surface area contributed by atoms with Crippen molar-refractivity contribution in [2.24, 2.45) is 5.92 Å². The number of hydrogen-bond donors (Lipinski definition) is 2. The number of alkyl halides is 3. The van der Waals surface area contributed by atoms with E-state index in [0.717, 1.165) is 47.5 Å². The molecule has 2 aliphatic heterocycles. The Morgan fingerprint density at radius 3 is 2.73 bits per heavy atom. The van der Waals surface area contributed by atoms with Gasteiger partial charge in [0.15, 0.2) is 0 Å². The summed E-state index contributed by atoms with van der Waals surface area (Å²) in [6.45, 7) is 3.56. The molecule has 10 heteroatoms. The van der Waals surface area contributed by atoms with E-state index < -0.39 is 17.8 Å². The highest BCUT2D eigenvalue weighted by molar-refractivity contribution is 5.88. The summed E-state index contributed by atoms with van der Waals surface area (Å²) in [7, 11) is 0. The van der Waals surface area contributed by atoms with Crippen molar-refractivity contribution in [1.82, 2.24) is 19.9 Å². The molecule has 2 N–H and O–H groups in total. The van der Waals surface area contributed by atoms with Crippen LogP contribution in [0.3, 0.4) is 0 Å². The molecule has 0 saturated carbocycles. The van der Waals surface area contributed by atoms with Gasteiger partial charge in [0, 0.05) is 31.7 Å². The van der Waals surface area contributed by atoms with Gasteiger partial charge in [0.25, 0.3) is 0 Å². The first-order valence-corrected chi connectivity index (χ1v) is 11.1. The lowest BCUT2D eigenvalue weighted by Gasteiger charge is -2.37. The molecular weight excluding hydrogens is 435 g/mol. The van der Waals surface area contributed by atoms with Crippen molar-refractivity contribution in [3.8, 4) is 0 Å². The SMILES string of the molecule is O[C@H]1CNCC[C@@H]1Cn1ccc2c(N3CCOC[C@@H]3c3ccc(C(F)(F)F)cc3)ncnc21. The van der Waals surface area contributed by atoms with Gasteiger partial charge in [-0.05, 0) is 36.7 Å². The second-order valence-electron chi connectivity index (χ2n) is 8.63. The van der Waals surface area contributed by atoms with E-state index in [-0.39, 0.29) is 12.0 Å². The molecule has 4 heterocycles. The molecule has 176 valence electrons. The Hall–Kier alpha value is -2.69. The number of benzene rings is 1. The molecule has 7 nitrogen and oxygen atoms in total. The van der Waals surface area contributed by atoms with Crippen molar-refractivity contribution in [3.05, 3.63) is 54.0 Å². The number of nitrogens with one attached hydrogen (secondary N) is 1. The van der Waals surface area contributed by atoms with Crippen LogP contribution in [0.15, 0.2) is 42.9 Å². The van der Waals surface area contributed by atoms with Gasteiger partial charge in [0.05, 0.1) is 36.3 Å². The van der Waals surface area contributed by atoms with Crippen LogP contribution in [-0.2, 0) is 17.5 Å². The molecule has 1 aromatic carbocycles. The zero-order valence-electron chi connectivity index (χ0n) is 18.0. The fourth-order valence-corrected chi connectivity index (χ4v) is 4.76. The predicted octanol–water partition coefficient (Wildman–Crippen LogP) is 3.00. The number of aliphatic hydroxyl groups is 1. The van der Waals surface area contributed by atoms with E-state index in [1.165, 1.54) is 18.5 Å². The fourth-order valence-electron chi connectivity index (χ4n) is 4.76. The van der Waals surface area contributed by atoms with Gasteiger partial charge in [0.2, 0.25) is 0 Å². The van der Waals surface area contributed by atoms with Gasteiger partial charge < -0.3 is 24.6 Å². The van der Waals surface area contributed by atoms with Gasteiger partial charge in [-0.2, -0.15) is 13.2 Å². The van der Waals surface area contributed by atoms with Crippen molar-refractivity contribution in [2.45, 2.75) is 31.3 Å². The van der Waals surface area contributed by atoms with E-state index >= 15 is 0 Å². The molecule has 3 atom stereocenters. The molecule has 0 unspecified atom stereocenters. The standard InChI is InChI=1S/C23H26F3N5O2/c24-23(25,26)17-3-1-15(2-4-17)19-13-33-10-9-31(19)22-18-6-8-30(21(18)28-14-29-22)12-16-5-7-27-11-20(16)32/h1-4,6,8,14,16,19-20,27,32H,5,7,9-13H2/t16-,19-,20+/m1/s1. The summed E-state index contributed by atoms with van der Waals surface area (Å²) in [5.74, 6) is 0.876. The maximum Gasteiger partial charge on any atom is 0.416 e. The second-order valence-corrected chi connectivity index (χ2v) is 8.63. The highest BCUT2D eigenvalue weighted by Crippen LogP contribution is 2.35. The lowest BCUT2D eigenvalue weighted by molar-refractivity contribution is -0.137. The van der Waals surface area contributed by atoms with E-state index in [4.69, 9.17) is 4.74 Å². The van der Waals surface area contributed by atoms with Gasteiger partial charge in [-0.3, -0.25) is 0 Å². The maximum absolute atomic E-state index is 13.0. The molecule has 33 heavy (non-hydrogen) atoms. The van der Waals surface area contributed by atoms with Crippen LogP contribution >= 0.6 is 0 Å². The van der Waals surface area contributed by atoms with Crippen molar-refractivity contribution in [2.75, 3.05) is 37.7 Å². The van der Waals surface area contributed by atoms with E-state index in [1.807, 2.05) is 16.8 Å². The minimum Gasteiger partial charge on any atom is -0.391 e. The van der Waals surface area contributed by atoms with Gasteiger partial charge in [-0.1, -0.05) is 12.1 Å². The molecule has 5 rings (SSSR count). The Morgan fingerprint density at radius 2 is 1.97 bits per heavy atom. The van der Waals surface area contributed by atoms with Crippen LogP contribution < -0.4 is 10.2 Å². The van der Waals surface area contributed by atoms with Crippen LogP contribution in [0.4, 0.5) is 19.0 Å². The van der Waals surface area contributed by atoms with Gasteiger partial charge in [-0.15, -0.1) is 0 Å². The van der Waals surface area contributed by atoms with Gasteiger partial charge in [-0.25, -0.2) is 9.97 Å². The molecule has 0 spiro atoms. The minimum absolute atomic E-state index is 0.142. The zero-order chi connectivity index (χ0) is 23.0. The summed E-state index contributed by atoms with van der Waals surface area (Å²) in [5.41, 5.74) is 0.853. The normalized spacial score (nSPS) is 24.4. The number of hydrogen-bond acceptors (Lipinski definition) is 6. The summed E-state index contributed by atoms with van der Waals surface area (Å²) in [6, 6.07) is 6.96. The van der Waals surface area contributed by atoms with E-state index in [9.17, 15) is 18.3 Å². The second kappa shape index (κ2) is 8.92. The topological polar surface area (TPSA) is 75.4 Å². The molecule has 2 aromatic heterocycles. The summed E-state index contributed by atoms with van der Waals surface area (Å²) in [5, 5.41) is 14.4. The lowest BCUT2D eigenvalue weighted by atomic mass is 9.95. The maximum atomic E-state index is 13.0. The first kappa shape index (κ1) is 22.1. The number of aromatic nitrogens is 3.